The Morgan fingerprint density at radius 1 is 1.00 bits per heavy atom. The van der Waals surface area contributed by atoms with Crippen LogP contribution in [0.5, 0.6) is 0 Å². The first-order chi connectivity index (χ1) is 8.50. The Hall–Kier alpha value is -0.0200. The first kappa shape index (κ1) is 14.4. The molecule has 4 heteroatoms. The second kappa shape index (κ2) is 5.96. The lowest BCUT2D eigenvalue weighted by molar-refractivity contribution is 1.12. The maximum Gasteiger partial charge on any atom is 0.0861 e. The first-order valence-corrected chi connectivity index (χ1v) is 7.74. The van der Waals surface area contributed by atoms with Gasteiger partial charge in [0.2, 0.25) is 0 Å². The largest absolute Gasteiger partial charge is 0.112 e. The van der Waals surface area contributed by atoms with E-state index in [1.165, 1.54) is 0 Å². The van der Waals surface area contributed by atoms with Crippen molar-refractivity contribution in [2.75, 3.05) is 0 Å². The Labute approximate surface area is 134 Å². The van der Waals surface area contributed by atoms with Crippen LogP contribution < -0.4 is 0 Å². The summed E-state index contributed by atoms with van der Waals surface area (Å²) in [7, 11) is 0. The normalized spacial score (nSPS) is 12.5. The highest BCUT2D eigenvalue weighted by Gasteiger charge is 2.17. The molecule has 0 aromatic heterocycles. The first-order valence-electron chi connectivity index (χ1n) is 5.34. The summed E-state index contributed by atoms with van der Waals surface area (Å²) in [6.45, 7) is 2.04. The summed E-state index contributed by atoms with van der Waals surface area (Å²) < 4.78 is 2.03. The van der Waals surface area contributed by atoms with Gasteiger partial charge in [-0.1, -0.05) is 61.7 Å². The minimum absolute atomic E-state index is 0.273. The van der Waals surface area contributed by atoms with Gasteiger partial charge in [0.1, 0.15) is 0 Å². The summed E-state index contributed by atoms with van der Waals surface area (Å²) in [5, 5.41) is 0.408. The molecule has 0 saturated heterocycles. The Morgan fingerprint density at radius 2 is 1.67 bits per heavy atom. The van der Waals surface area contributed by atoms with Crippen molar-refractivity contribution in [2.45, 2.75) is 12.3 Å². The van der Waals surface area contributed by atoms with Gasteiger partial charge >= 0.3 is 0 Å². The third kappa shape index (κ3) is 2.93. The average Bonchev–Trinajstić information content (AvgIpc) is 2.33. The van der Waals surface area contributed by atoms with Gasteiger partial charge in [-0.3, -0.25) is 0 Å². The van der Waals surface area contributed by atoms with E-state index in [2.05, 4.69) is 31.9 Å². The molecule has 0 amide bonds. The molecule has 2 aromatic carbocycles. The van der Waals surface area contributed by atoms with Crippen LogP contribution in [0.2, 0.25) is 5.02 Å². The molecule has 0 fully saturated rings. The van der Waals surface area contributed by atoms with Gasteiger partial charge in [0.05, 0.1) is 5.38 Å². The molecule has 0 saturated carbocycles. The summed E-state index contributed by atoms with van der Waals surface area (Å²) in [4.78, 5) is 0. The number of alkyl halides is 1. The smallest absolute Gasteiger partial charge is 0.0861 e. The molecule has 0 N–H and O–H groups in total. The lowest BCUT2D eigenvalue weighted by Crippen LogP contribution is -1.96. The van der Waals surface area contributed by atoms with E-state index in [4.69, 9.17) is 23.2 Å². The number of hydrogen-bond acceptors (Lipinski definition) is 0. The lowest BCUT2D eigenvalue weighted by Gasteiger charge is -2.15. The molecule has 1 atom stereocenters. The fraction of sp³-hybridized carbons (Fsp3) is 0.143. The highest BCUT2D eigenvalue weighted by molar-refractivity contribution is 9.11. The van der Waals surface area contributed by atoms with E-state index >= 15 is 0 Å². The minimum Gasteiger partial charge on any atom is -0.112 e. The highest BCUT2D eigenvalue weighted by atomic mass is 79.9. The average molecular weight is 409 g/mol. The van der Waals surface area contributed by atoms with E-state index in [9.17, 15) is 0 Å². The number of rotatable bonds is 2. The molecule has 18 heavy (non-hydrogen) atoms. The third-order valence-electron chi connectivity index (χ3n) is 2.73. The predicted molar refractivity (Wildman–Crippen MR) is 85.7 cm³/mol. The molecule has 0 radical (unpaired) electrons. The van der Waals surface area contributed by atoms with Crippen molar-refractivity contribution in [3.63, 3.8) is 0 Å². The van der Waals surface area contributed by atoms with Gasteiger partial charge in [-0.15, -0.1) is 11.6 Å². The van der Waals surface area contributed by atoms with Crippen LogP contribution in [0.25, 0.3) is 0 Å². The molecule has 0 bridgehead atoms. The molecule has 2 rings (SSSR count). The van der Waals surface area contributed by atoms with E-state index in [-0.39, 0.29) is 5.38 Å². The van der Waals surface area contributed by atoms with E-state index in [1.807, 2.05) is 43.3 Å². The molecule has 2 aromatic rings. The van der Waals surface area contributed by atoms with Crippen LogP contribution >= 0.6 is 55.1 Å². The van der Waals surface area contributed by atoms with Crippen LogP contribution in [0, 0.1) is 6.92 Å². The molecule has 0 nitrogen and oxygen atoms in total. The second-order valence-corrected chi connectivity index (χ2v) is 6.56. The van der Waals surface area contributed by atoms with Crippen molar-refractivity contribution in [2.24, 2.45) is 0 Å². The third-order valence-corrected chi connectivity index (χ3v) is 5.08. The summed E-state index contributed by atoms with van der Waals surface area (Å²) in [5.41, 5.74) is 3.08. The Morgan fingerprint density at radius 3 is 2.33 bits per heavy atom. The molecule has 0 spiro atoms. The summed E-state index contributed by atoms with van der Waals surface area (Å²) in [6.07, 6.45) is 0. The van der Waals surface area contributed by atoms with E-state index in [1.54, 1.807) is 0 Å². The summed E-state index contributed by atoms with van der Waals surface area (Å²) >= 11 is 19.8. The van der Waals surface area contributed by atoms with Crippen molar-refractivity contribution in [1.82, 2.24) is 0 Å². The van der Waals surface area contributed by atoms with E-state index < -0.39 is 0 Å². The number of aryl methyl sites for hydroxylation is 1. The highest BCUT2D eigenvalue weighted by Crippen LogP contribution is 2.39. The number of hydrogen-bond donors (Lipinski definition) is 0. The maximum absolute atomic E-state index is 6.53. The molecule has 0 aliphatic heterocycles. The molecular formula is C14H10Br2Cl2. The topological polar surface area (TPSA) is 0 Å². The standard InChI is InChI=1S/C14H10Br2Cl2/c1-8-6-12(16)10(7-11(8)15)14(18)9-4-2-3-5-13(9)17/h2-7,14H,1H3. The fourth-order valence-corrected chi connectivity index (χ4v) is 3.56. The zero-order chi connectivity index (χ0) is 13.3. The SMILES string of the molecule is Cc1cc(Br)c(C(Cl)c2ccccc2Cl)cc1Br. The molecule has 94 valence electrons. The number of benzene rings is 2. The van der Waals surface area contributed by atoms with Crippen LogP contribution in [0.3, 0.4) is 0 Å². The van der Waals surface area contributed by atoms with Crippen LogP contribution in [0.1, 0.15) is 22.1 Å². The molecule has 0 aliphatic carbocycles. The predicted octanol–water partition coefficient (Wildman–Crippen LogP) is 6.50. The van der Waals surface area contributed by atoms with Crippen LogP contribution in [0.4, 0.5) is 0 Å². The van der Waals surface area contributed by atoms with E-state index in [0.29, 0.717) is 5.02 Å². The minimum atomic E-state index is -0.273. The summed E-state index contributed by atoms with van der Waals surface area (Å²) in [5.74, 6) is 0. The van der Waals surface area contributed by atoms with Crippen LogP contribution in [-0.2, 0) is 0 Å². The molecule has 0 heterocycles. The monoisotopic (exact) mass is 406 g/mol. The van der Waals surface area contributed by atoms with Crippen molar-refractivity contribution >= 4 is 55.1 Å². The van der Waals surface area contributed by atoms with Crippen molar-refractivity contribution < 1.29 is 0 Å². The summed E-state index contributed by atoms with van der Waals surface area (Å²) in [6, 6.07) is 11.7. The van der Waals surface area contributed by atoms with Gasteiger partial charge in [-0.25, -0.2) is 0 Å². The zero-order valence-corrected chi connectivity index (χ0v) is 14.2. The van der Waals surface area contributed by atoms with Gasteiger partial charge in [0.25, 0.3) is 0 Å². The van der Waals surface area contributed by atoms with Crippen molar-refractivity contribution in [3.05, 3.63) is 67.1 Å². The Kier molecular flexibility index (Phi) is 4.76. The Balaban J connectivity index is 2.50. The van der Waals surface area contributed by atoms with Gasteiger partial charge in [-0.2, -0.15) is 0 Å². The maximum atomic E-state index is 6.53. The van der Waals surface area contributed by atoms with Crippen molar-refractivity contribution in [3.8, 4) is 0 Å². The van der Waals surface area contributed by atoms with Gasteiger partial charge < -0.3 is 0 Å². The van der Waals surface area contributed by atoms with Crippen LogP contribution in [0.15, 0.2) is 45.3 Å². The van der Waals surface area contributed by atoms with Gasteiger partial charge in [0, 0.05) is 14.0 Å². The lowest BCUT2D eigenvalue weighted by atomic mass is 10.0. The Bertz CT molecular complexity index is 582. The van der Waals surface area contributed by atoms with Crippen LogP contribution in [-0.4, -0.2) is 0 Å². The molecule has 1 unspecified atom stereocenters. The number of halogens is 4. The molecular weight excluding hydrogens is 399 g/mol. The van der Waals surface area contributed by atoms with Crippen molar-refractivity contribution in [1.29, 1.82) is 0 Å². The quantitative estimate of drug-likeness (QED) is 0.497. The fourth-order valence-electron chi connectivity index (χ4n) is 1.70. The van der Waals surface area contributed by atoms with E-state index in [0.717, 1.165) is 25.6 Å². The zero-order valence-electron chi connectivity index (χ0n) is 9.55. The van der Waals surface area contributed by atoms with Gasteiger partial charge in [-0.05, 0) is 41.8 Å². The second-order valence-electron chi connectivity index (χ2n) is 4.01. The molecule has 0 aliphatic rings. The van der Waals surface area contributed by atoms with Gasteiger partial charge in [0.15, 0.2) is 0 Å².